The molecule has 2 amide bonds. The number of alkyl halides is 1. The van der Waals surface area contributed by atoms with Gasteiger partial charge in [0.25, 0.3) is 0 Å². The van der Waals surface area contributed by atoms with Gasteiger partial charge in [-0.1, -0.05) is 17.3 Å². The highest BCUT2D eigenvalue weighted by Gasteiger charge is 2.33. The molecular weight excluding hydrogens is 505 g/mol. The third-order valence-electron chi connectivity index (χ3n) is 5.69. The van der Waals surface area contributed by atoms with Crippen molar-refractivity contribution in [2.24, 2.45) is 0 Å². The van der Waals surface area contributed by atoms with E-state index in [1.165, 1.54) is 0 Å². The number of carbonyl (C=O) groups is 5. The molecule has 0 saturated carbocycles. The van der Waals surface area contributed by atoms with Crippen LogP contribution in [0.3, 0.4) is 0 Å². The fourth-order valence-corrected chi connectivity index (χ4v) is 3.64. The van der Waals surface area contributed by atoms with Crippen molar-refractivity contribution < 1.29 is 43.7 Å². The molecule has 13 nitrogen and oxygen atoms in total. The maximum atomic E-state index is 12.8. The Morgan fingerprint density at radius 1 is 1.03 bits per heavy atom. The number of hydrogen-bond acceptors (Lipinski definition) is 7. The van der Waals surface area contributed by atoms with Gasteiger partial charge in [0.2, 0.25) is 11.8 Å². The first-order valence-corrected chi connectivity index (χ1v) is 11.8. The van der Waals surface area contributed by atoms with Crippen LogP contribution in [0.4, 0.5) is 4.39 Å². The number of nitrogens with zero attached hydrogens (tertiary/aromatic N) is 4. The number of halogens is 1. The minimum atomic E-state index is -1.53. The van der Waals surface area contributed by atoms with E-state index in [9.17, 15) is 38.6 Å². The van der Waals surface area contributed by atoms with E-state index in [4.69, 9.17) is 5.11 Å². The lowest BCUT2D eigenvalue weighted by Gasteiger charge is -2.28. The molecule has 38 heavy (non-hydrogen) atoms. The number of aliphatic carboxylic acids is 3. The third-order valence-corrected chi connectivity index (χ3v) is 5.69. The predicted molar refractivity (Wildman–Crippen MR) is 129 cm³/mol. The number of carbonyl (C=O) groups excluding carboxylic acids is 2. The lowest BCUT2D eigenvalue weighted by Crippen LogP contribution is -2.53. The van der Waals surface area contributed by atoms with Gasteiger partial charge in [0, 0.05) is 19.9 Å². The van der Waals surface area contributed by atoms with Gasteiger partial charge in [0.05, 0.1) is 30.7 Å². The number of nitrogens with one attached hydrogen (secondary N) is 1. The SMILES string of the molecule is CN(C(=O)C(CC(=O)O)NC(=O)CCc1ccc(-n2cc(CCCF)nn2)cc1)C(CCC(=O)O)C(=O)O. The highest BCUT2D eigenvalue weighted by molar-refractivity contribution is 5.92. The molecule has 1 aromatic heterocycles. The third kappa shape index (κ3) is 9.26. The number of rotatable bonds is 16. The molecule has 2 rings (SSSR count). The average Bonchev–Trinajstić information content (AvgIpc) is 3.34. The fourth-order valence-electron chi connectivity index (χ4n) is 3.64. The maximum absolute atomic E-state index is 12.8. The maximum Gasteiger partial charge on any atom is 0.326 e. The van der Waals surface area contributed by atoms with Crippen LogP contribution in [0.15, 0.2) is 30.5 Å². The van der Waals surface area contributed by atoms with Gasteiger partial charge >= 0.3 is 17.9 Å². The molecule has 0 aliphatic carbocycles. The zero-order valence-electron chi connectivity index (χ0n) is 20.7. The molecule has 0 fully saturated rings. The van der Waals surface area contributed by atoms with Gasteiger partial charge in [0.1, 0.15) is 12.1 Å². The lowest BCUT2D eigenvalue weighted by molar-refractivity contribution is -0.152. The second kappa shape index (κ2) is 14.4. The summed E-state index contributed by atoms with van der Waals surface area (Å²) in [6.45, 7) is -0.438. The zero-order valence-corrected chi connectivity index (χ0v) is 20.7. The first kappa shape index (κ1) is 29.9. The van der Waals surface area contributed by atoms with E-state index in [0.717, 1.165) is 17.5 Å². The molecule has 2 atom stereocenters. The molecular formula is C24H30FN5O8. The normalized spacial score (nSPS) is 12.4. The molecule has 0 aliphatic rings. The van der Waals surface area contributed by atoms with Crippen molar-refractivity contribution in [3.05, 3.63) is 41.7 Å². The summed E-state index contributed by atoms with van der Waals surface area (Å²) in [6, 6.07) is 4.01. The summed E-state index contributed by atoms with van der Waals surface area (Å²) in [7, 11) is 1.12. The molecule has 2 unspecified atom stereocenters. The van der Waals surface area contributed by atoms with Crippen LogP contribution in [0.1, 0.15) is 43.4 Å². The summed E-state index contributed by atoms with van der Waals surface area (Å²) in [4.78, 5) is 59.7. The van der Waals surface area contributed by atoms with Crippen LogP contribution >= 0.6 is 0 Å². The number of carboxylic acid groups (broad SMARTS) is 3. The van der Waals surface area contributed by atoms with Crippen LogP contribution in [0.2, 0.25) is 0 Å². The van der Waals surface area contributed by atoms with E-state index >= 15 is 0 Å². The van der Waals surface area contributed by atoms with Crippen LogP contribution in [-0.2, 0) is 36.8 Å². The molecule has 0 radical (unpaired) electrons. The van der Waals surface area contributed by atoms with Gasteiger partial charge in [-0.15, -0.1) is 5.10 Å². The van der Waals surface area contributed by atoms with Crippen LogP contribution in [0.5, 0.6) is 0 Å². The minimum Gasteiger partial charge on any atom is -0.481 e. The molecule has 2 aromatic rings. The summed E-state index contributed by atoms with van der Waals surface area (Å²) in [6.07, 6.45) is 1.05. The molecule has 0 bridgehead atoms. The Balaban J connectivity index is 1.99. The van der Waals surface area contributed by atoms with Crippen LogP contribution < -0.4 is 5.32 Å². The predicted octanol–water partition coefficient (Wildman–Crippen LogP) is 0.838. The highest BCUT2D eigenvalue weighted by Crippen LogP contribution is 2.13. The van der Waals surface area contributed by atoms with Gasteiger partial charge < -0.3 is 25.5 Å². The van der Waals surface area contributed by atoms with Crippen molar-refractivity contribution in [3.63, 3.8) is 0 Å². The van der Waals surface area contributed by atoms with E-state index in [2.05, 4.69) is 15.6 Å². The summed E-state index contributed by atoms with van der Waals surface area (Å²) in [5.74, 6) is -5.66. The second-order valence-electron chi connectivity index (χ2n) is 8.57. The summed E-state index contributed by atoms with van der Waals surface area (Å²) < 4.78 is 13.9. The molecule has 1 aromatic carbocycles. The summed E-state index contributed by atoms with van der Waals surface area (Å²) >= 11 is 0. The molecule has 14 heteroatoms. The fraction of sp³-hybridized carbons (Fsp3) is 0.458. The standard InChI is InChI=1S/C24H30FN5O8/c1-29(19(24(37)38)9-11-21(32)33)23(36)18(13-22(34)35)26-20(31)10-6-15-4-7-17(8-5-15)30-14-16(27-28-30)3-2-12-25/h4-5,7-8,14,18-19H,2-3,6,9-13H2,1H3,(H,26,31)(H,32,33)(H,34,35)(H,37,38). The van der Waals surface area contributed by atoms with Gasteiger partial charge in [0.15, 0.2) is 0 Å². The Morgan fingerprint density at radius 2 is 1.71 bits per heavy atom. The summed E-state index contributed by atoms with van der Waals surface area (Å²) in [5.41, 5.74) is 2.15. The number of aryl methyl sites for hydroxylation is 2. The van der Waals surface area contributed by atoms with E-state index in [1.807, 2.05) is 0 Å². The van der Waals surface area contributed by atoms with Crippen LogP contribution in [0.25, 0.3) is 5.69 Å². The van der Waals surface area contributed by atoms with E-state index in [0.29, 0.717) is 24.2 Å². The molecule has 206 valence electrons. The monoisotopic (exact) mass is 535 g/mol. The van der Waals surface area contributed by atoms with E-state index < -0.39 is 61.3 Å². The summed E-state index contributed by atoms with van der Waals surface area (Å²) in [5, 5.41) is 37.7. The molecule has 0 saturated heterocycles. The first-order chi connectivity index (χ1) is 18.0. The number of aromatic nitrogens is 3. The van der Waals surface area contributed by atoms with Gasteiger partial charge in [-0.3, -0.25) is 23.6 Å². The Kier molecular flexibility index (Phi) is 11.3. The zero-order chi connectivity index (χ0) is 28.2. The van der Waals surface area contributed by atoms with Gasteiger partial charge in [-0.2, -0.15) is 0 Å². The Hall–Kier alpha value is -4.36. The van der Waals surface area contributed by atoms with Gasteiger partial charge in [-0.25, -0.2) is 9.48 Å². The first-order valence-electron chi connectivity index (χ1n) is 11.8. The Labute approximate surface area is 217 Å². The smallest absolute Gasteiger partial charge is 0.326 e. The number of carboxylic acids is 3. The van der Waals surface area contributed by atoms with Crippen molar-refractivity contribution in [1.29, 1.82) is 0 Å². The number of amides is 2. The van der Waals surface area contributed by atoms with Crippen molar-refractivity contribution in [2.75, 3.05) is 13.7 Å². The van der Waals surface area contributed by atoms with Crippen molar-refractivity contribution >= 4 is 29.7 Å². The van der Waals surface area contributed by atoms with E-state index in [1.54, 1.807) is 35.1 Å². The number of hydrogen-bond donors (Lipinski definition) is 4. The van der Waals surface area contributed by atoms with Crippen LogP contribution in [0, 0.1) is 0 Å². The minimum absolute atomic E-state index is 0.0788. The Bertz CT molecular complexity index is 1140. The van der Waals surface area contributed by atoms with Crippen LogP contribution in [-0.4, -0.2) is 90.7 Å². The quantitative estimate of drug-likeness (QED) is 0.239. The molecule has 4 N–H and O–H groups in total. The van der Waals surface area contributed by atoms with Crippen molar-refractivity contribution in [2.45, 2.75) is 57.0 Å². The number of likely N-dealkylation sites (N-methyl/N-ethyl adjacent to an activating group) is 1. The second-order valence-corrected chi connectivity index (χ2v) is 8.57. The molecule has 1 heterocycles. The topological polar surface area (TPSA) is 192 Å². The molecule has 0 spiro atoms. The Morgan fingerprint density at radius 3 is 2.29 bits per heavy atom. The lowest BCUT2D eigenvalue weighted by atomic mass is 10.1. The van der Waals surface area contributed by atoms with E-state index in [-0.39, 0.29) is 19.3 Å². The van der Waals surface area contributed by atoms with Crippen molar-refractivity contribution in [3.8, 4) is 5.69 Å². The average molecular weight is 536 g/mol. The van der Waals surface area contributed by atoms with Gasteiger partial charge in [-0.05, 0) is 43.4 Å². The number of benzene rings is 1. The highest BCUT2D eigenvalue weighted by atomic mass is 19.1. The largest absolute Gasteiger partial charge is 0.481 e. The van der Waals surface area contributed by atoms with Crippen molar-refractivity contribution in [1.82, 2.24) is 25.2 Å². The molecule has 0 aliphatic heterocycles.